The molecular formula is C20H20N4O3S. The van der Waals surface area contributed by atoms with Crippen LogP contribution in [-0.4, -0.2) is 40.3 Å². The van der Waals surface area contributed by atoms with Crippen molar-refractivity contribution < 1.29 is 14.3 Å². The van der Waals surface area contributed by atoms with Gasteiger partial charge in [0.15, 0.2) is 5.13 Å². The number of methoxy groups -OCH3 is 1. The maximum Gasteiger partial charge on any atom is 0.270 e. The summed E-state index contributed by atoms with van der Waals surface area (Å²) in [6.07, 6.45) is 2.63. The van der Waals surface area contributed by atoms with E-state index in [0.717, 1.165) is 40.1 Å². The van der Waals surface area contributed by atoms with Crippen molar-refractivity contribution in [1.82, 2.24) is 14.9 Å². The number of anilines is 1. The van der Waals surface area contributed by atoms with Gasteiger partial charge in [0.05, 0.1) is 19.3 Å². The Morgan fingerprint density at radius 3 is 2.96 bits per heavy atom. The number of carbonyl (C=O) groups is 2. The average molecular weight is 396 g/mol. The Morgan fingerprint density at radius 2 is 2.18 bits per heavy atom. The molecule has 144 valence electrons. The maximum absolute atomic E-state index is 13.0. The Labute approximate surface area is 165 Å². The average Bonchev–Trinajstić information content (AvgIpc) is 3.35. The number of rotatable bonds is 4. The Kier molecular flexibility index (Phi) is 4.08. The van der Waals surface area contributed by atoms with E-state index < -0.39 is 0 Å². The van der Waals surface area contributed by atoms with Crippen LogP contribution in [0.2, 0.25) is 0 Å². The number of hydrogen-bond acceptors (Lipinski definition) is 5. The van der Waals surface area contributed by atoms with Gasteiger partial charge in [-0.3, -0.25) is 9.59 Å². The summed E-state index contributed by atoms with van der Waals surface area (Å²) in [7, 11) is 1.62. The third-order valence-corrected chi connectivity index (χ3v) is 6.25. The summed E-state index contributed by atoms with van der Waals surface area (Å²) in [4.78, 5) is 35.6. The highest BCUT2D eigenvalue weighted by Crippen LogP contribution is 2.33. The van der Waals surface area contributed by atoms with Gasteiger partial charge in [-0.15, -0.1) is 0 Å². The van der Waals surface area contributed by atoms with Gasteiger partial charge < -0.3 is 19.9 Å². The molecule has 0 saturated heterocycles. The monoisotopic (exact) mass is 396 g/mol. The first kappa shape index (κ1) is 17.2. The second-order valence-electron chi connectivity index (χ2n) is 7.27. The number of thiazole rings is 1. The molecule has 0 radical (unpaired) electrons. The van der Waals surface area contributed by atoms with Crippen molar-refractivity contribution in [2.24, 2.45) is 5.92 Å². The highest BCUT2D eigenvalue weighted by atomic mass is 32.1. The van der Waals surface area contributed by atoms with Crippen molar-refractivity contribution in [3.63, 3.8) is 0 Å². The fraction of sp³-hybridized carbons (Fsp3) is 0.350. The molecule has 2 aromatic heterocycles. The molecule has 1 aliphatic heterocycles. The SMILES string of the molecule is COc1ccc2cc(C(=O)N3CCc4nc(NC(=O)C5CC5)sc4C3)[nH]c2c1. The van der Waals surface area contributed by atoms with Gasteiger partial charge >= 0.3 is 0 Å². The smallest absolute Gasteiger partial charge is 0.270 e. The summed E-state index contributed by atoms with van der Waals surface area (Å²) >= 11 is 1.47. The first-order valence-electron chi connectivity index (χ1n) is 9.36. The molecule has 3 heterocycles. The lowest BCUT2D eigenvalue weighted by molar-refractivity contribution is -0.117. The summed E-state index contributed by atoms with van der Waals surface area (Å²) in [5, 5.41) is 4.54. The van der Waals surface area contributed by atoms with Crippen LogP contribution in [0.5, 0.6) is 5.75 Å². The van der Waals surface area contributed by atoms with E-state index in [2.05, 4.69) is 15.3 Å². The number of amides is 2. The minimum Gasteiger partial charge on any atom is -0.497 e. The molecule has 2 N–H and O–H groups in total. The van der Waals surface area contributed by atoms with Crippen LogP contribution < -0.4 is 10.1 Å². The van der Waals surface area contributed by atoms with Gasteiger partial charge in [-0.25, -0.2) is 4.98 Å². The molecule has 1 aromatic carbocycles. The Balaban J connectivity index is 1.33. The molecule has 0 unspecified atom stereocenters. The first-order valence-corrected chi connectivity index (χ1v) is 10.2. The lowest BCUT2D eigenvalue weighted by Gasteiger charge is -2.25. The Bertz CT molecular complexity index is 1080. The third kappa shape index (κ3) is 3.13. The van der Waals surface area contributed by atoms with E-state index >= 15 is 0 Å². The summed E-state index contributed by atoms with van der Waals surface area (Å²) < 4.78 is 5.24. The van der Waals surface area contributed by atoms with E-state index in [1.165, 1.54) is 11.3 Å². The van der Waals surface area contributed by atoms with Gasteiger partial charge in [-0.2, -0.15) is 0 Å². The van der Waals surface area contributed by atoms with E-state index in [-0.39, 0.29) is 17.7 Å². The predicted octanol–water partition coefficient (Wildman–Crippen LogP) is 3.18. The van der Waals surface area contributed by atoms with Crippen molar-refractivity contribution >= 4 is 39.2 Å². The maximum atomic E-state index is 13.0. The second-order valence-corrected chi connectivity index (χ2v) is 8.35. The molecule has 7 nitrogen and oxygen atoms in total. The molecule has 0 bridgehead atoms. The number of aromatic amines is 1. The number of H-pyrrole nitrogens is 1. The number of fused-ring (bicyclic) bond motifs is 2. The fourth-order valence-corrected chi connectivity index (χ4v) is 4.52. The number of carbonyl (C=O) groups excluding carboxylic acids is 2. The molecule has 0 atom stereocenters. The van der Waals surface area contributed by atoms with E-state index in [0.29, 0.717) is 30.3 Å². The standard InChI is InChI=1S/C20H20N4O3S/c1-27-13-5-4-12-8-16(21-15(12)9-13)19(26)24-7-6-14-17(10-24)28-20(22-14)23-18(25)11-2-3-11/h4-5,8-9,11,21H,2-3,6-7,10H2,1H3,(H,22,23,25). The highest BCUT2D eigenvalue weighted by Gasteiger charge is 2.31. The molecule has 8 heteroatoms. The van der Waals surface area contributed by atoms with Crippen molar-refractivity contribution in [3.8, 4) is 5.75 Å². The molecule has 2 amide bonds. The largest absolute Gasteiger partial charge is 0.497 e. The number of nitrogens with one attached hydrogen (secondary N) is 2. The van der Waals surface area contributed by atoms with Crippen LogP contribution in [0.15, 0.2) is 24.3 Å². The topological polar surface area (TPSA) is 87.3 Å². The van der Waals surface area contributed by atoms with Gasteiger partial charge in [0.25, 0.3) is 5.91 Å². The molecule has 0 spiro atoms. The van der Waals surface area contributed by atoms with Crippen LogP contribution in [0.25, 0.3) is 10.9 Å². The van der Waals surface area contributed by atoms with Crippen LogP contribution in [-0.2, 0) is 17.8 Å². The molecule has 3 aromatic rings. The van der Waals surface area contributed by atoms with Gasteiger partial charge in [0, 0.05) is 40.7 Å². The van der Waals surface area contributed by atoms with Gasteiger partial charge in [-0.1, -0.05) is 11.3 Å². The number of benzene rings is 1. The number of hydrogen-bond donors (Lipinski definition) is 2. The van der Waals surface area contributed by atoms with E-state index in [9.17, 15) is 9.59 Å². The van der Waals surface area contributed by atoms with Crippen LogP contribution in [0.3, 0.4) is 0 Å². The number of nitrogens with zero attached hydrogens (tertiary/aromatic N) is 2. The summed E-state index contributed by atoms with van der Waals surface area (Å²) in [5.74, 6) is 0.936. The zero-order chi connectivity index (χ0) is 19.3. The second kappa shape index (κ2) is 6.63. The van der Waals surface area contributed by atoms with Gasteiger partial charge in [-0.05, 0) is 31.0 Å². The van der Waals surface area contributed by atoms with Crippen LogP contribution in [0.4, 0.5) is 5.13 Å². The zero-order valence-electron chi connectivity index (χ0n) is 15.4. The minimum absolute atomic E-state index is 0.0298. The summed E-state index contributed by atoms with van der Waals surface area (Å²) in [5.41, 5.74) is 2.43. The van der Waals surface area contributed by atoms with Crippen molar-refractivity contribution in [3.05, 3.63) is 40.5 Å². The summed E-state index contributed by atoms with van der Waals surface area (Å²) in [6, 6.07) is 7.58. The quantitative estimate of drug-likeness (QED) is 0.709. The highest BCUT2D eigenvalue weighted by molar-refractivity contribution is 7.15. The molecule has 1 aliphatic carbocycles. The Morgan fingerprint density at radius 1 is 1.32 bits per heavy atom. The first-order chi connectivity index (χ1) is 13.6. The molecule has 2 aliphatic rings. The van der Waals surface area contributed by atoms with Crippen molar-refractivity contribution in [1.29, 1.82) is 0 Å². The van der Waals surface area contributed by atoms with E-state index in [4.69, 9.17) is 4.74 Å². The lowest BCUT2D eigenvalue weighted by Crippen LogP contribution is -2.35. The fourth-order valence-electron chi connectivity index (χ4n) is 3.49. The van der Waals surface area contributed by atoms with Crippen molar-refractivity contribution in [2.45, 2.75) is 25.8 Å². The molecule has 1 saturated carbocycles. The molecule has 1 fully saturated rings. The Hall–Kier alpha value is -2.87. The molecule has 28 heavy (non-hydrogen) atoms. The van der Waals surface area contributed by atoms with Crippen LogP contribution in [0, 0.1) is 5.92 Å². The molecular weight excluding hydrogens is 376 g/mol. The summed E-state index contributed by atoms with van der Waals surface area (Å²) in [6.45, 7) is 1.13. The third-order valence-electron chi connectivity index (χ3n) is 5.26. The molecule has 5 rings (SSSR count). The number of aromatic nitrogens is 2. The lowest BCUT2D eigenvalue weighted by atomic mass is 10.1. The van der Waals surface area contributed by atoms with Crippen molar-refractivity contribution in [2.75, 3.05) is 19.0 Å². The van der Waals surface area contributed by atoms with E-state index in [1.807, 2.05) is 29.2 Å². The zero-order valence-corrected chi connectivity index (χ0v) is 16.3. The minimum atomic E-state index is -0.0298. The van der Waals surface area contributed by atoms with Gasteiger partial charge in [0.2, 0.25) is 5.91 Å². The van der Waals surface area contributed by atoms with Gasteiger partial charge in [0.1, 0.15) is 11.4 Å². The number of ether oxygens (including phenoxy) is 1. The normalized spacial score (nSPS) is 16.1. The van der Waals surface area contributed by atoms with Crippen LogP contribution in [0.1, 0.15) is 33.9 Å². The predicted molar refractivity (Wildman–Crippen MR) is 107 cm³/mol. The van der Waals surface area contributed by atoms with Crippen LogP contribution >= 0.6 is 11.3 Å². The van der Waals surface area contributed by atoms with E-state index in [1.54, 1.807) is 7.11 Å².